The molecule has 0 aromatic heterocycles. The smallest absolute Gasteiger partial charge is 0.140 e. The first-order chi connectivity index (χ1) is 11.9. The van der Waals surface area contributed by atoms with Crippen LogP contribution < -0.4 is 5.32 Å². The fraction of sp³-hybridized carbons (Fsp3) is 0.364. The average Bonchev–Trinajstić information content (AvgIpc) is 2.60. The third-order valence-electron chi connectivity index (χ3n) is 4.26. The van der Waals surface area contributed by atoms with Gasteiger partial charge in [0.2, 0.25) is 0 Å². The highest BCUT2D eigenvalue weighted by Gasteiger charge is 2.25. The van der Waals surface area contributed by atoms with Gasteiger partial charge in [-0.05, 0) is 18.4 Å². The van der Waals surface area contributed by atoms with E-state index in [1.807, 2.05) is 69.3 Å². The van der Waals surface area contributed by atoms with Crippen molar-refractivity contribution in [2.24, 2.45) is 5.41 Å². The van der Waals surface area contributed by atoms with Crippen LogP contribution in [-0.4, -0.2) is 16.8 Å². The Labute approximate surface area is 156 Å². The average molecular weight is 354 g/mol. The van der Waals surface area contributed by atoms with Crippen LogP contribution in [0, 0.1) is 5.41 Å². The first-order valence-corrected chi connectivity index (χ1v) is 9.20. The van der Waals surface area contributed by atoms with Crippen molar-refractivity contribution in [2.45, 2.75) is 46.1 Å². The van der Waals surface area contributed by atoms with Crippen molar-refractivity contribution in [1.29, 1.82) is 0 Å². The molecule has 2 rings (SSSR count). The Balaban J connectivity index is 2.05. The van der Waals surface area contributed by atoms with Gasteiger partial charge in [0.25, 0.3) is 0 Å². The number of carbonyl (C=O) groups excluding carboxylic acids is 1. The van der Waals surface area contributed by atoms with Gasteiger partial charge in [0.1, 0.15) is 10.8 Å². The highest BCUT2D eigenvalue weighted by molar-refractivity contribution is 7.80. The van der Waals surface area contributed by atoms with Gasteiger partial charge in [-0.25, -0.2) is 0 Å². The second-order valence-corrected chi connectivity index (χ2v) is 7.85. The van der Waals surface area contributed by atoms with Crippen LogP contribution in [0.4, 0.5) is 0 Å². The summed E-state index contributed by atoms with van der Waals surface area (Å²) < 4.78 is 0. The highest BCUT2D eigenvalue weighted by Crippen LogP contribution is 2.20. The van der Waals surface area contributed by atoms with Crippen molar-refractivity contribution >= 4 is 23.0 Å². The molecule has 132 valence electrons. The third kappa shape index (κ3) is 6.43. The molecule has 0 spiro atoms. The van der Waals surface area contributed by atoms with E-state index >= 15 is 0 Å². The molecular weight excluding hydrogens is 326 g/mol. The molecule has 1 N–H and O–H groups in total. The molecule has 0 saturated heterocycles. The van der Waals surface area contributed by atoms with E-state index in [-0.39, 0.29) is 17.2 Å². The van der Waals surface area contributed by atoms with Crippen LogP contribution in [0.15, 0.2) is 60.7 Å². The molecule has 0 aliphatic carbocycles. The lowest BCUT2D eigenvalue weighted by Gasteiger charge is -2.24. The number of thiocarbonyl (C=S) groups is 1. The van der Waals surface area contributed by atoms with E-state index in [2.05, 4.69) is 17.4 Å². The number of hydrogen-bond donors (Lipinski definition) is 1. The molecule has 2 aromatic carbocycles. The summed E-state index contributed by atoms with van der Waals surface area (Å²) in [6.07, 6.45) is 2.29. The SMILES string of the molecule is CC(C)(C)C(=O)CC(CCc1ccccc1)NC(=S)c1ccccc1. The molecule has 25 heavy (non-hydrogen) atoms. The van der Waals surface area contributed by atoms with Gasteiger partial charge in [-0.15, -0.1) is 0 Å². The molecule has 2 nitrogen and oxygen atoms in total. The van der Waals surface area contributed by atoms with Crippen LogP contribution in [0.25, 0.3) is 0 Å². The molecule has 1 atom stereocenters. The van der Waals surface area contributed by atoms with E-state index in [9.17, 15) is 4.79 Å². The van der Waals surface area contributed by atoms with Gasteiger partial charge in [-0.2, -0.15) is 0 Å². The quantitative estimate of drug-likeness (QED) is 0.714. The van der Waals surface area contributed by atoms with Gasteiger partial charge < -0.3 is 5.32 Å². The second kappa shape index (κ2) is 8.91. The third-order valence-corrected chi connectivity index (χ3v) is 4.62. The molecule has 0 amide bonds. The summed E-state index contributed by atoms with van der Waals surface area (Å²) >= 11 is 5.55. The van der Waals surface area contributed by atoms with Crippen molar-refractivity contribution in [3.05, 3.63) is 71.8 Å². The normalized spacial score (nSPS) is 12.4. The lowest BCUT2D eigenvalue weighted by atomic mass is 9.86. The first-order valence-electron chi connectivity index (χ1n) is 8.79. The first kappa shape index (κ1) is 19.3. The highest BCUT2D eigenvalue weighted by atomic mass is 32.1. The zero-order chi connectivity index (χ0) is 18.3. The minimum Gasteiger partial charge on any atom is -0.373 e. The number of rotatable bonds is 7. The molecule has 3 heteroatoms. The molecule has 0 fully saturated rings. The van der Waals surface area contributed by atoms with Crippen LogP contribution in [0.5, 0.6) is 0 Å². The van der Waals surface area contributed by atoms with Gasteiger partial charge in [0.15, 0.2) is 0 Å². The molecule has 0 heterocycles. The maximum Gasteiger partial charge on any atom is 0.140 e. The van der Waals surface area contributed by atoms with Gasteiger partial charge in [-0.3, -0.25) is 4.79 Å². The van der Waals surface area contributed by atoms with Crippen LogP contribution in [0.1, 0.15) is 44.7 Å². The summed E-state index contributed by atoms with van der Waals surface area (Å²) in [6.45, 7) is 5.91. The maximum atomic E-state index is 12.5. The minimum atomic E-state index is -0.332. The number of Topliss-reactive ketones (excluding diaryl/α,β-unsaturated/α-hetero) is 1. The summed E-state index contributed by atoms with van der Waals surface area (Å²) in [4.78, 5) is 13.2. The molecular formula is C22H27NOS. The van der Waals surface area contributed by atoms with Crippen molar-refractivity contribution in [1.82, 2.24) is 5.32 Å². The topological polar surface area (TPSA) is 29.1 Å². The Hall–Kier alpha value is -2.00. The Morgan fingerprint density at radius 3 is 2.12 bits per heavy atom. The summed E-state index contributed by atoms with van der Waals surface area (Å²) in [5, 5.41) is 3.42. The lowest BCUT2D eigenvalue weighted by molar-refractivity contribution is -0.126. The zero-order valence-electron chi connectivity index (χ0n) is 15.3. The van der Waals surface area contributed by atoms with Crippen LogP contribution in [0.3, 0.4) is 0 Å². The number of carbonyl (C=O) groups is 1. The number of nitrogens with one attached hydrogen (secondary N) is 1. The monoisotopic (exact) mass is 353 g/mol. The summed E-state index contributed by atoms with van der Waals surface area (Å²) in [5.41, 5.74) is 1.94. The standard InChI is InChI=1S/C22H27NOS/c1-22(2,3)20(24)16-19(15-14-17-10-6-4-7-11-17)23-21(25)18-12-8-5-9-13-18/h4-13,19H,14-16H2,1-3H3,(H,23,25). The molecule has 0 aliphatic heterocycles. The molecule has 1 unspecified atom stereocenters. The number of hydrogen-bond acceptors (Lipinski definition) is 2. The van der Waals surface area contributed by atoms with Gasteiger partial charge >= 0.3 is 0 Å². The Kier molecular flexibility index (Phi) is 6.89. The zero-order valence-corrected chi connectivity index (χ0v) is 16.1. The van der Waals surface area contributed by atoms with E-state index in [1.165, 1.54) is 5.56 Å². The van der Waals surface area contributed by atoms with E-state index in [1.54, 1.807) is 0 Å². The summed E-state index contributed by atoms with van der Waals surface area (Å²) in [5.74, 6) is 0.258. The fourth-order valence-electron chi connectivity index (χ4n) is 2.60. The fourth-order valence-corrected chi connectivity index (χ4v) is 2.90. The minimum absolute atomic E-state index is 0.0413. The molecule has 0 bridgehead atoms. The van der Waals surface area contributed by atoms with E-state index in [0.29, 0.717) is 11.4 Å². The van der Waals surface area contributed by atoms with Crippen molar-refractivity contribution in [2.75, 3.05) is 0 Å². The largest absolute Gasteiger partial charge is 0.373 e. The van der Waals surface area contributed by atoms with E-state index in [0.717, 1.165) is 18.4 Å². The Morgan fingerprint density at radius 2 is 1.56 bits per heavy atom. The van der Waals surface area contributed by atoms with E-state index in [4.69, 9.17) is 12.2 Å². The predicted molar refractivity (Wildman–Crippen MR) is 109 cm³/mol. The van der Waals surface area contributed by atoms with E-state index < -0.39 is 0 Å². The molecule has 0 radical (unpaired) electrons. The molecule has 0 saturated carbocycles. The van der Waals surface area contributed by atoms with Gasteiger partial charge in [0, 0.05) is 23.4 Å². The Morgan fingerprint density at radius 1 is 1.00 bits per heavy atom. The predicted octanol–water partition coefficient (Wildman–Crippen LogP) is 4.96. The van der Waals surface area contributed by atoms with Crippen molar-refractivity contribution < 1.29 is 4.79 Å². The Bertz CT molecular complexity index is 689. The summed E-state index contributed by atoms with van der Waals surface area (Å²) in [7, 11) is 0. The van der Waals surface area contributed by atoms with Crippen LogP contribution in [-0.2, 0) is 11.2 Å². The molecule has 2 aromatic rings. The van der Waals surface area contributed by atoms with Crippen molar-refractivity contribution in [3.8, 4) is 0 Å². The van der Waals surface area contributed by atoms with Gasteiger partial charge in [-0.1, -0.05) is 93.7 Å². The number of benzene rings is 2. The number of ketones is 1. The lowest BCUT2D eigenvalue weighted by Crippen LogP contribution is -2.38. The van der Waals surface area contributed by atoms with Crippen molar-refractivity contribution in [3.63, 3.8) is 0 Å². The number of aryl methyl sites for hydroxylation is 1. The molecule has 0 aliphatic rings. The maximum absolute atomic E-state index is 12.5. The van der Waals surface area contributed by atoms with Gasteiger partial charge in [0.05, 0.1) is 0 Å². The van der Waals surface area contributed by atoms with Crippen LogP contribution >= 0.6 is 12.2 Å². The second-order valence-electron chi connectivity index (χ2n) is 7.44. The van der Waals surface area contributed by atoms with Crippen LogP contribution in [0.2, 0.25) is 0 Å². The summed E-state index contributed by atoms with van der Waals surface area (Å²) in [6, 6.07) is 20.3.